The average molecular weight is 441 g/mol. The summed E-state index contributed by atoms with van der Waals surface area (Å²) in [5.41, 5.74) is 0.959. The summed E-state index contributed by atoms with van der Waals surface area (Å²) in [5, 5.41) is 24.0. The Bertz CT molecular complexity index is 1190. The predicted molar refractivity (Wildman–Crippen MR) is 115 cm³/mol. The molecular weight excluding hydrogens is 427 g/mol. The molecule has 3 aromatic rings. The molecule has 30 heavy (non-hydrogen) atoms. The zero-order valence-electron chi connectivity index (χ0n) is 15.4. The SMILES string of the molecule is N#C/C(=C\c1cccn1Cc1ccc(Cl)cc1Cl)C(=O)Nc1ccccc1[N+](=O)[O-]. The van der Waals surface area contributed by atoms with E-state index in [1.54, 1.807) is 42.6 Å². The fraction of sp³-hybridized carbons (Fsp3) is 0.0476. The Labute approximate surface area is 181 Å². The van der Waals surface area contributed by atoms with Crippen molar-refractivity contribution in [2.75, 3.05) is 5.32 Å². The van der Waals surface area contributed by atoms with Crippen LogP contribution in [0.15, 0.2) is 66.4 Å². The number of nitriles is 1. The predicted octanol–water partition coefficient (Wildman–Crippen LogP) is 5.30. The second-order valence-electron chi connectivity index (χ2n) is 6.19. The number of nitrogens with zero attached hydrogens (tertiary/aromatic N) is 3. The van der Waals surface area contributed by atoms with Crippen LogP contribution in [0.2, 0.25) is 10.0 Å². The first kappa shape index (κ1) is 21.1. The molecule has 1 aromatic heterocycles. The second kappa shape index (κ2) is 9.27. The van der Waals surface area contributed by atoms with E-state index >= 15 is 0 Å². The number of anilines is 1. The third kappa shape index (κ3) is 4.87. The van der Waals surface area contributed by atoms with E-state index in [2.05, 4.69) is 5.32 Å². The van der Waals surface area contributed by atoms with E-state index in [9.17, 15) is 20.2 Å². The molecule has 0 unspecified atom stereocenters. The summed E-state index contributed by atoms with van der Waals surface area (Å²) in [7, 11) is 0. The number of benzene rings is 2. The molecule has 3 rings (SSSR count). The number of halogens is 2. The first-order valence-electron chi connectivity index (χ1n) is 8.64. The smallest absolute Gasteiger partial charge is 0.292 e. The Morgan fingerprint density at radius 1 is 1.20 bits per heavy atom. The van der Waals surface area contributed by atoms with Gasteiger partial charge in [0.15, 0.2) is 0 Å². The number of aromatic nitrogens is 1. The minimum atomic E-state index is -0.746. The second-order valence-corrected chi connectivity index (χ2v) is 7.04. The summed E-state index contributed by atoms with van der Waals surface area (Å²) in [6.45, 7) is 0.402. The maximum absolute atomic E-state index is 12.5. The molecule has 0 spiro atoms. The average Bonchev–Trinajstić information content (AvgIpc) is 3.15. The number of nitro groups is 1. The number of carbonyl (C=O) groups is 1. The molecule has 0 saturated carbocycles. The summed E-state index contributed by atoms with van der Waals surface area (Å²) in [6, 6.07) is 16.2. The van der Waals surface area contributed by atoms with Crippen molar-refractivity contribution in [2.24, 2.45) is 0 Å². The van der Waals surface area contributed by atoms with Crippen molar-refractivity contribution in [1.29, 1.82) is 5.26 Å². The van der Waals surface area contributed by atoms with Crippen LogP contribution < -0.4 is 5.32 Å². The molecule has 9 heteroatoms. The molecule has 1 amide bonds. The lowest BCUT2D eigenvalue weighted by Gasteiger charge is -2.10. The van der Waals surface area contributed by atoms with E-state index in [-0.39, 0.29) is 16.9 Å². The van der Waals surface area contributed by atoms with E-state index in [4.69, 9.17) is 23.2 Å². The Kier molecular flexibility index (Phi) is 6.52. The van der Waals surface area contributed by atoms with Crippen LogP contribution in [0.3, 0.4) is 0 Å². The van der Waals surface area contributed by atoms with Gasteiger partial charge in [-0.1, -0.05) is 41.4 Å². The highest BCUT2D eigenvalue weighted by atomic mass is 35.5. The van der Waals surface area contributed by atoms with E-state index in [0.717, 1.165) is 5.56 Å². The molecule has 1 N–H and O–H groups in total. The number of hydrogen-bond donors (Lipinski definition) is 1. The Hall–Kier alpha value is -3.60. The maximum atomic E-state index is 12.5. The van der Waals surface area contributed by atoms with Crippen LogP contribution in [0.25, 0.3) is 6.08 Å². The van der Waals surface area contributed by atoms with Gasteiger partial charge in [0.2, 0.25) is 0 Å². The van der Waals surface area contributed by atoms with Crippen LogP contribution in [-0.2, 0) is 11.3 Å². The lowest BCUT2D eigenvalue weighted by molar-refractivity contribution is -0.383. The molecule has 0 aliphatic heterocycles. The Morgan fingerprint density at radius 2 is 1.97 bits per heavy atom. The molecule has 0 aliphatic rings. The third-order valence-corrected chi connectivity index (χ3v) is 4.81. The summed E-state index contributed by atoms with van der Waals surface area (Å²) >= 11 is 12.2. The summed E-state index contributed by atoms with van der Waals surface area (Å²) in [4.78, 5) is 23.0. The van der Waals surface area contributed by atoms with Gasteiger partial charge in [-0.25, -0.2) is 0 Å². The molecule has 2 aromatic carbocycles. The Morgan fingerprint density at radius 3 is 2.67 bits per heavy atom. The quantitative estimate of drug-likeness (QED) is 0.243. The normalized spacial score (nSPS) is 11.0. The fourth-order valence-corrected chi connectivity index (χ4v) is 3.23. The van der Waals surface area contributed by atoms with Gasteiger partial charge in [0.1, 0.15) is 17.3 Å². The first-order valence-corrected chi connectivity index (χ1v) is 9.40. The molecule has 0 atom stereocenters. The summed E-state index contributed by atoms with van der Waals surface area (Å²) in [5.74, 6) is -0.746. The molecule has 0 aliphatic carbocycles. The molecule has 0 saturated heterocycles. The van der Waals surface area contributed by atoms with Gasteiger partial charge in [-0.3, -0.25) is 14.9 Å². The monoisotopic (exact) mass is 440 g/mol. The van der Waals surface area contributed by atoms with Crippen LogP contribution >= 0.6 is 23.2 Å². The van der Waals surface area contributed by atoms with Gasteiger partial charge in [-0.15, -0.1) is 0 Å². The first-order chi connectivity index (χ1) is 14.4. The van der Waals surface area contributed by atoms with Crippen molar-refractivity contribution in [1.82, 2.24) is 4.57 Å². The highest BCUT2D eigenvalue weighted by molar-refractivity contribution is 6.35. The van der Waals surface area contributed by atoms with Crippen molar-refractivity contribution in [3.8, 4) is 6.07 Å². The topological polar surface area (TPSA) is 101 Å². The van der Waals surface area contributed by atoms with Crippen molar-refractivity contribution < 1.29 is 9.72 Å². The number of rotatable bonds is 6. The van der Waals surface area contributed by atoms with Gasteiger partial charge in [0.05, 0.1) is 4.92 Å². The fourth-order valence-electron chi connectivity index (χ4n) is 2.76. The minimum absolute atomic E-state index is 0.0111. The molecule has 7 nitrogen and oxygen atoms in total. The van der Waals surface area contributed by atoms with E-state index in [0.29, 0.717) is 22.3 Å². The van der Waals surface area contributed by atoms with E-state index in [1.807, 2.05) is 10.6 Å². The van der Waals surface area contributed by atoms with Crippen LogP contribution in [0, 0.1) is 21.4 Å². The zero-order chi connectivity index (χ0) is 21.7. The van der Waals surface area contributed by atoms with Crippen molar-refractivity contribution in [3.05, 3.63) is 97.8 Å². The van der Waals surface area contributed by atoms with Gasteiger partial charge < -0.3 is 9.88 Å². The number of nitrogens with one attached hydrogen (secondary N) is 1. The molecule has 0 bridgehead atoms. The largest absolute Gasteiger partial charge is 0.343 e. The number of amides is 1. The van der Waals surface area contributed by atoms with Crippen LogP contribution in [0.4, 0.5) is 11.4 Å². The minimum Gasteiger partial charge on any atom is -0.343 e. The molecule has 0 fully saturated rings. The maximum Gasteiger partial charge on any atom is 0.292 e. The van der Waals surface area contributed by atoms with Gasteiger partial charge in [0, 0.05) is 34.5 Å². The third-order valence-electron chi connectivity index (χ3n) is 4.23. The van der Waals surface area contributed by atoms with Crippen LogP contribution in [0.1, 0.15) is 11.3 Å². The summed E-state index contributed by atoms with van der Waals surface area (Å²) < 4.78 is 1.81. The van der Waals surface area contributed by atoms with Crippen LogP contribution in [-0.4, -0.2) is 15.4 Å². The number of carbonyl (C=O) groups excluding carboxylic acids is 1. The molecule has 1 heterocycles. The lowest BCUT2D eigenvalue weighted by atomic mass is 10.2. The molecular formula is C21H14Cl2N4O3. The van der Waals surface area contributed by atoms with Gasteiger partial charge >= 0.3 is 0 Å². The van der Waals surface area contributed by atoms with Crippen molar-refractivity contribution >= 4 is 46.6 Å². The lowest BCUT2D eigenvalue weighted by Crippen LogP contribution is -2.15. The van der Waals surface area contributed by atoms with E-state index < -0.39 is 10.8 Å². The van der Waals surface area contributed by atoms with Crippen molar-refractivity contribution in [3.63, 3.8) is 0 Å². The van der Waals surface area contributed by atoms with Crippen molar-refractivity contribution in [2.45, 2.75) is 6.54 Å². The standard InChI is InChI=1S/C21H14Cl2N4O3/c22-16-8-7-14(18(23)11-16)13-26-9-3-4-17(26)10-15(12-24)21(28)25-19-5-1-2-6-20(19)27(29)30/h1-11H,13H2,(H,25,28)/b15-10+. The van der Waals surface area contributed by atoms with Gasteiger partial charge in [-0.2, -0.15) is 5.26 Å². The van der Waals surface area contributed by atoms with Gasteiger partial charge in [-0.05, 0) is 42.0 Å². The number of nitro benzene ring substituents is 1. The van der Waals surface area contributed by atoms with Gasteiger partial charge in [0.25, 0.3) is 11.6 Å². The highest BCUT2D eigenvalue weighted by Crippen LogP contribution is 2.25. The summed E-state index contributed by atoms with van der Waals surface area (Å²) in [6.07, 6.45) is 3.19. The number of hydrogen-bond acceptors (Lipinski definition) is 4. The number of para-hydroxylation sites is 2. The molecule has 150 valence electrons. The van der Waals surface area contributed by atoms with Crippen LogP contribution in [0.5, 0.6) is 0 Å². The highest BCUT2D eigenvalue weighted by Gasteiger charge is 2.17. The Balaban J connectivity index is 1.85. The molecule has 0 radical (unpaired) electrons. The van der Waals surface area contributed by atoms with E-state index in [1.165, 1.54) is 24.3 Å². The zero-order valence-corrected chi connectivity index (χ0v) is 16.9.